The highest BCUT2D eigenvalue weighted by atomic mass is 32.2. The summed E-state index contributed by atoms with van der Waals surface area (Å²) in [5, 5.41) is 0. The van der Waals surface area contributed by atoms with Gasteiger partial charge in [-0.25, -0.2) is 13.4 Å². The molecule has 3 atom stereocenters. The van der Waals surface area contributed by atoms with Gasteiger partial charge in [0.1, 0.15) is 0 Å². The van der Waals surface area contributed by atoms with Crippen LogP contribution in [0.25, 0.3) is 0 Å². The molecule has 1 N–H and O–H groups in total. The van der Waals surface area contributed by atoms with Crippen molar-refractivity contribution in [2.45, 2.75) is 32.6 Å². The molecule has 7 heteroatoms. The van der Waals surface area contributed by atoms with Crippen LogP contribution in [0.15, 0.2) is 5.51 Å². The third-order valence-corrected chi connectivity index (χ3v) is 6.63. The minimum atomic E-state index is -3.54. The highest BCUT2D eigenvalue weighted by molar-refractivity contribution is 7.90. The third kappa shape index (κ3) is 2.88. The number of rotatable bonds is 5. The fraction of sp³-hybridized carbons (Fsp3) is 0.692. The molecular weight excluding hydrogens is 296 g/mol. The molecule has 1 amide bonds. The van der Waals surface area contributed by atoms with Gasteiger partial charge < -0.3 is 0 Å². The predicted octanol–water partition coefficient (Wildman–Crippen LogP) is 1.49. The number of carbonyl (C=O) groups is 1. The summed E-state index contributed by atoms with van der Waals surface area (Å²) in [7, 11) is -3.54. The maximum Gasteiger partial charge on any atom is 0.236 e. The van der Waals surface area contributed by atoms with E-state index in [1.165, 1.54) is 11.3 Å². The zero-order valence-electron chi connectivity index (χ0n) is 11.3. The lowest BCUT2D eigenvalue weighted by atomic mass is 10.0. The summed E-state index contributed by atoms with van der Waals surface area (Å²) < 4.78 is 26.2. The van der Waals surface area contributed by atoms with Crippen LogP contribution < -0.4 is 4.72 Å². The van der Waals surface area contributed by atoms with Gasteiger partial charge >= 0.3 is 0 Å². The number of thiazole rings is 1. The van der Waals surface area contributed by atoms with Gasteiger partial charge in [0.05, 0.1) is 17.0 Å². The van der Waals surface area contributed by atoms with Crippen molar-refractivity contribution < 1.29 is 13.2 Å². The van der Waals surface area contributed by atoms with Gasteiger partial charge in [0.15, 0.2) is 0 Å². The minimum Gasteiger partial charge on any atom is -0.274 e. The number of aryl methyl sites for hydroxylation is 2. The van der Waals surface area contributed by atoms with Crippen molar-refractivity contribution in [1.29, 1.82) is 0 Å². The van der Waals surface area contributed by atoms with Crippen molar-refractivity contribution in [3.8, 4) is 0 Å². The smallest absolute Gasteiger partial charge is 0.236 e. The Balaban J connectivity index is 1.55. The predicted molar refractivity (Wildman–Crippen MR) is 76.8 cm³/mol. The number of hydrogen-bond acceptors (Lipinski definition) is 5. The summed E-state index contributed by atoms with van der Waals surface area (Å²) in [6.45, 7) is 1.86. The van der Waals surface area contributed by atoms with Crippen molar-refractivity contribution in [1.82, 2.24) is 9.71 Å². The summed E-state index contributed by atoms with van der Waals surface area (Å²) in [5.41, 5.74) is 2.58. The highest BCUT2D eigenvalue weighted by Gasteiger charge is 2.51. The first kappa shape index (κ1) is 14.0. The molecule has 2 fully saturated rings. The van der Waals surface area contributed by atoms with Gasteiger partial charge in [-0.1, -0.05) is 0 Å². The van der Waals surface area contributed by atoms with Crippen LogP contribution >= 0.6 is 11.3 Å². The zero-order valence-corrected chi connectivity index (χ0v) is 13.0. The lowest BCUT2D eigenvalue weighted by molar-refractivity contribution is -0.123. The Labute approximate surface area is 122 Å². The molecule has 1 aromatic rings. The molecule has 0 unspecified atom stereocenters. The topological polar surface area (TPSA) is 76.1 Å². The van der Waals surface area contributed by atoms with Crippen LogP contribution in [0, 0.1) is 24.7 Å². The van der Waals surface area contributed by atoms with Crippen LogP contribution in [0.1, 0.15) is 29.8 Å². The molecule has 110 valence electrons. The lowest BCUT2D eigenvalue weighted by Crippen LogP contribution is -2.37. The molecule has 2 aliphatic carbocycles. The minimum absolute atomic E-state index is 0.0530. The second kappa shape index (κ2) is 5.11. The highest BCUT2D eigenvalue weighted by Crippen LogP contribution is 2.55. The monoisotopic (exact) mass is 314 g/mol. The van der Waals surface area contributed by atoms with Gasteiger partial charge in [0, 0.05) is 10.8 Å². The van der Waals surface area contributed by atoms with E-state index < -0.39 is 10.0 Å². The van der Waals surface area contributed by atoms with Gasteiger partial charge in [-0.2, -0.15) is 0 Å². The van der Waals surface area contributed by atoms with E-state index in [1.54, 1.807) is 5.51 Å². The second-order valence-corrected chi connectivity index (χ2v) is 8.52. The first-order chi connectivity index (χ1) is 9.46. The number of amides is 1. The first-order valence-electron chi connectivity index (χ1n) is 6.89. The van der Waals surface area contributed by atoms with E-state index in [1.807, 2.05) is 6.92 Å². The van der Waals surface area contributed by atoms with Crippen molar-refractivity contribution in [3.05, 3.63) is 16.1 Å². The molecule has 0 spiro atoms. The molecular formula is C13H18N2O3S2. The number of nitrogens with zero attached hydrogens (tertiary/aromatic N) is 1. The molecule has 3 rings (SSSR count). The van der Waals surface area contributed by atoms with Gasteiger partial charge in [0.25, 0.3) is 0 Å². The number of aromatic nitrogens is 1. The zero-order chi connectivity index (χ0) is 14.3. The number of hydrogen-bond donors (Lipinski definition) is 1. The summed E-state index contributed by atoms with van der Waals surface area (Å²) in [5.74, 6) is 0.681. The van der Waals surface area contributed by atoms with E-state index in [-0.39, 0.29) is 17.6 Å². The van der Waals surface area contributed by atoms with Crippen molar-refractivity contribution in [3.63, 3.8) is 0 Å². The van der Waals surface area contributed by atoms with Gasteiger partial charge in [-0.15, -0.1) is 11.3 Å². The molecule has 1 aromatic heterocycles. The largest absolute Gasteiger partial charge is 0.274 e. The summed E-state index contributed by atoms with van der Waals surface area (Å²) in [6, 6.07) is 0. The lowest BCUT2D eigenvalue weighted by Gasteiger charge is -2.12. The Bertz CT molecular complexity index is 623. The van der Waals surface area contributed by atoms with E-state index in [2.05, 4.69) is 9.71 Å². The van der Waals surface area contributed by atoms with Crippen molar-refractivity contribution >= 4 is 27.3 Å². The number of carbonyl (C=O) groups excluding carboxylic acids is 1. The van der Waals surface area contributed by atoms with E-state index in [0.29, 0.717) is 18.3 Å². The van der Waals surface area contributed by atoms with Crippen LogP contribution in [-0.4, -0.2) is 25.1 Å². The maximum absolute atomic E-state index is 12.0. The quantitative estimate of drug-likeness (QED) is 0.893. The Hall–Kier alpha value is -0.950. The van der Waals surface area contributed by atoms with Crippen LogP contribution in [0.2, 0.25) is 0 Å². The average molecular weight is 314 g/mol. The SMILES string of the molecule is Cc1ncsc1CCS(=O)(=O)NC(=O)[C@@H]1CC[C@@H]2C[C@@H]21. The van der Waals surface area contributed by atoms with Crippen LogP contribution in [0.3, 0.4) is 0 Å². The Morgan fingerprint density at radius 3 is 2.85 bits per heavy atom. The second-order valence-electron chi connectivity index (χ2n) is 5.74. The van der Waals surface area contributed by atoms with E-state index in [9.17, 15) is 13.2 Å². The van der Waals surface area contributed by atoms with E-state index in [4.69, 9.17) is 0 Å². The number of nitrogens with one attached hydrogen (secondary N) is 1. The molecule has 0 bridgehead atoms. The van der Waals surface area contributed by atoms with Crippen molar-refractivity contribution in [2.24, 2.45) is 17.8 Å². The molecule has 2 saturated carbocycles. The molecule has 0 saturated heterocycles. The number of fused-ring (bicyclic) bond motifs is 1. The Morgan fingerprint density at radius 1 is 1.50 bits per heavy atom. The van der Waals surface area contributed by atoms with Crippen molar-refractivity contribution in [2.75, 3.05) is 5.75 Å². The standard InChI is InChI=1S/C13H18N2O3S2/c1-8-12(19-7-14-8)4-5-20(17,18)15-13(16)10-3-2-9-6-11(9)10/h7,9-11H,2-6H2,1H3,(H,15,16)/t9-,10-,11+/m1/s1. The summed E-state index contributed by atoms with van der Waals surface area (Å²) in [6.07, 6.45) is 3.42. The molecule has 20 heavy (non-hydrogen) atoms. The molecule has 0 aromatic carbocycles. The normalized spacial score (nSPS) is 28.1. The summed E-state index contributed by atoms with van der Waals surface area (Å²) >= 11 is 1.45. The summed E-state index contributed by atoms with van der Waals surface area (Å²) in [4.78, 5) is 17.1. The van der Waals surface area contributed by atoms with Gasteiger partial charge in [-0.05, 0) is 44.4 Å². The van der Waals surface area contributed by atoms with E-state index in [0.717, 1.165) is 29.8 Å². The molecule has 1 heterocycles. The molecule has 0 radical (unpaired) electrons. The fourth-order valence-electron chi connectivity index (χ4n) is 3.10. The average Bonchev–Trinajstić information content (AvgIpc) is 2.83. The Morgan fingerprint density at radius 2 is 2.30 bits per heavy atom. The third-order valence-electron chi connectivity index (χ3n) is 4.38. The Kier molecular flexibility index (Phi) is 3.58. The van der Waals surface area contributed by atoms with Crippen LogP contribution in [0.4, 0.5) is 0 Å². The van der Waals surface area contributed by atoms with Crippen LogP contribution in [0.5, 0.6) is 0 Å². The van der Waals surface area contributed by atoms with Crippen LogP contribution in [-0.2, 0) is 21.2 Å². The van der Waals surface area contributed by atoms with E-state index >= 15 is 0 Å². The maximum atomic E-state index is 12.0. The molecule has 0 aliphatic heterocycles. The fourth-order valence-corrected chi connectivity index (χ4v) is 5.05. The number of sulfonamides is 1. The van der Waals surface area contributed by atoms with Gasteiger partial charge in [0.2, 0.25) is 15.9 Å². The first-order valence-corrected chi connectivity index (χ1v) is 9.43. The van der Waals surface area contributed by atoms with Gasteiger partial charge in [-0.3, -0.25) is 9.52 Å². The molecule has 2 aliphatic rings. The molecule has 5 nitrogen and oxygen atoms in total.